The lowest BCUT2D eigenvalue weighted by atomic mass is 10.1. The Labute approximate surface area is 97.1 Å². The standard InChI is InChI=1S/C11H12FN3O2/c1-6-2-3-7(4-8(6)12)10-14-11(17-15-10)9(13)5-16/h2-4,9,16H,5,13H2,1H3/t9-/m1/s1. The molecule has 90 valence electrons. The summed E-state index contributed by atoms with van der Waals surface area (Å²) in [6.07, 6.45) is 0. The maximum Gasteiger partial charge on any atom is 0.246 e. The van der Waals surface area contributed by atoms with Gasteiger partial charge in [-0.2, -0.15) is 4.98 Å². The van der Waals surface area contributed by atoms with Crippen molar-refractivity contribution in [3.8, 4) is 11.4 Å². The lowest BCUT2D eigenvalue weighted by molar-refractivity contribution is 0.237. The van der Waals surface area contributed by atoms with Crippen LogP contribution in [0.1, 0.15) is 17.5 Å². The monoisotopic (exact) mass is 237 g/mol. The lowest BCUT2D eigenvalue weighted by Crippen LogP contribution is -2.14. The highest BCUT2D eigenvalue weighted by Crippen LogP contribution is 2.20. The molecule has 1 aromatic carbocycles. The van der Waals surface area contributed by atoms with Gasteiger partial charge in [-0.1, -0.05) is 17.3 Å². The quantitative estimate of drug-likeness (QED) is 0.837. The summed E-state index contributed by atoms with van der Waals surface area (Å²) in [5.41, 5.74) is 6.57. The minimum absolute atomic E-state index is 0.128. The number of aliphatic hydroxyl groups is 1. The minimum Gasteiger partial charge on any atom is -0.394 e. The van der Waals surface area contributed by atoms with Gasteiger partial charge < -0.3 is 15.4 Å². The fourth-order valence-corrected chi connectivity index (χ4v) is 1.31. The summed E-state index contributed by atoms with van der Waals surface area (Å²) in [6.45, 7) is 1.38. The van der Waals surface area contributed by atoms with Gasteiger partial charge in [0.1, 0.15) is 11.9 Å². The number of aryl methyl sites for hydroxylation is 1. The van der Waals surface area contributed by atoms with Gasteiger partial charge in [0.2, 0.25) is 11.7 Å². The molecule has 0 aliphatic carbocycles. The average molecular weight is 237 g/mol. The van der Waals surface area contributed by atoms with E-state index >= 15 is 0 Å². The Hall–Kier alpha value is -1.79. The SMILES string of the molecule is Cc1ccc(-c2noc([C@H](N)CO)n2)cc1F. The number of halogens is 1. The first-order valence-electron chi connectivity index (χ1n) is 5.08. The van der Waals surface area contributed by atoms with E-state index in [0.717, 1.165) is 0 Å². The molecule has 0 saturated carbocycles. The lowest BCUT2D eigenvalue weighted by Gasteiger charge is -1.99. The molecule has 0 unspecified atom stereocenters. The molecule has 0 aliphatic rings. The minimum atomic E-state index is -0.716. The van der Waals surface area contributed by atoms with Crippen molar-refractivity contribution < 1.29 is 14.0 Å². The van der Waals surface area contributed by atoms with E-state index in [2.05, 4.69) is 10.1 Å². The van der Waals surface area contributed by atoms with Crippen LogP contribution in [0.5, 0.6) is 0 Å². The van der Waals surface area contributed by atoms with Crippen molar-refractivity contribution in [3.63, 3.8) is 0 Å². The van der Waals surface area contributed by atoms with Gasteiger partial charge in [0, 0.05) is 5.56 Å². The number of hydrogen-bond donors (Lipinski definition) is 2. The first-order valence-corrected chi connectivity index (χ1v) is 5.08. The number of aliphatic hydroxyl groups excluding tert-OH is 1. The third-order valence-corrected chi connectivity index (χ3v) is 2.39. The van der Waals surface area contributed by atoms with E-state index in [1.165, 1.54) is 6.07 Å². The second kappa shape index (κ2) is 4.60. The van der Waals surface area contributed by atoms with Crippen molar-refractivity contribution in [2.24, 2.45) is 5.73 Å². The van der Waals surface area contributed by atoms with E-state index in [4.69, 9.17) is 15.4 Å². The van der Waals surface area contributed by atoms with Crippen molar-refractivity contribution in [1.82, 2.24) is 10.1 Å². The van der Waals surface area contributed by atoms with E-state index in [9.17, 15) is 4.39 Å². The van der Waals surface area contributed by atoms with Crippen LogP contribution < -0.4 is 5.73 Å². The zero-order valence-corrected chi connectivity index (χ0v) is 9.22. The number of nitrogens with two attached hydrogens (primary N) is 1. The predicted molar refractivity (Wildman–Crippen MR) is 58.4 cm³/mol. The topological polar surface area (TPSA) is 85.2 Å². The highest BCUT2D eigenvalue weighted by atomic mass is 19.1. The second-order valence-electron chi connectivity index (χ2n) is 3.71. The molecule has 1 aromatic heterocycles. The Bertz CT molecular complexity index is 527. The van der Waals surface area contributed by atoms with Crippen LogP contribution in [0.3, 0.4) is 0 Å². The van der Waals surface area contributed by atoms with Gasteiger partial charge in [0.05, 0.1) is 6.61 Å². The van der Waals surface area contributed by atoms with Crippen LogP contribution in [-0.2, 0) is 0 Å². The van der Waals surface area contributed by atoms with Crippen LogP contribution in [0, 0.1) is 12.7 Å². The molecule has 0 bridgehead atoms. The number of benzene rings is 1. The van der Waals surface area contributed by atoms with Gasteiger partial charge in [-0.15, -0.1) is 0 Å². The van der Waals surface area contributed by atoms with Gasteiger partial charge in [-0.25, -0.2) is 4.39 Å². The number of aromatic nitrogens is 2. The van der Waals surface area contributed by atoms with Crippen LogP contribution in [0.2, 0.25) is 0 Å². The predicted octanol–water partition coefficient (Wildman–Crippen LogP) is 1.18. The second-order valence-corrected chi connectivity index (χ2v) is 3.71. The zero-order valence-electron chi connectivity index (χ0n) is 9.22. The van der Waals surface area contributed by atoms with Crippen LogP contribution >= 0.6 is 0 Å². The summed E-state index contributed by atoms with van der Waals surface area (Å²) in [5.74, 6) is 0.0478. The Kier molecular flexibility index (Phi) is 3.16. The van der Waals surface area contributed by atoms with Gasteiger partial charge in [-0.3, -0.25) is 0 Å². The van der Waals surface area contributed by atoms with Crippen molar-refractivity contribution in [3.05, 3.63) is 35.5 Å². The van der Waals surface area contributed by atoms with Crippen LogP contribution in [0.25, 0.3) is 11.4 Å². The normalized spacial score (nSPS) is 12.7. The third-order valence-electron chi connectivity index (χ3n) is 2.39. The first-order chi connectivity index (χ1) is 8.11. The summed E-state index contributed by atoms with van der Waals surface area (Å²) in [6, 6.07) is 3.94. The Morgan fingerprint density at radius 1 is 1.53 bits per heavy atom. The fraction of sp³-hybridized carbons (Fsp3) is 0.273. The molecule has 6 heteroatoms. The van der Waals surface area contributed by atoms with Crippen molar-refractivity contribution in [2.75, 3.05) is 6.61 Å². The third kappa shape index (κ3) is 2.32. The van der Waals surface area contributed by atoms with E-state index in [1.807, 2.05) is 0 Å². The summed E-state index contributed by atoms with van der Waals surface area (Å²) in [7, 11) is 0. The summed E-state index contributed by atoms with van der Waals surface area (Å²) in [5, 5.41) is 12.5. The summed E-state index contributed by atoms with van der Waals surface area (Å²) >= 11 is 0. The highest BCUT2D eigenvalue weighted by Gasteiger charge is 2.15. The molecular weight excluding hydrogens is 225 g/mol. The maximum absolute atomic E-state index is 13.3. The average Bonchev–Trinajstić information content (AvgIpc) is 2.81. The molecule has 0 radical (unpaired) electrons. The van der Waals surface area contributed by atoms with E-state index in [1.54, 1.807) is 19.1 Å². The molecule has 3 N–H and O–H groups in total. The van der Waals surface area contributed by atoms with Crippen LogP contribution in [0.15, 0.2) is 22.7 Å². The number of hydrogen-bond acceptors (Lipinski definition) is 5. The van der Waals surface area contributed by atoms with Crippen molar-refractivity contribution in [2.45, 2.75) is 13.0 Å². The molecule has 0 spiro atoms. The molecule has 0 aliphatic heterocycles. The van der Waals surface area contributed by atoms with Gasteiger partial charge >= 0.3 is 0 Å². The molecule has 17 heavy (non-hydrogen) atoms. The van der Waals surface area contributed by atoms with E-state index < -0.39 is 6.04 Å². The molecule has 0 saturated heterocycles. The fourth-order valence-electron chi connectivity index (χ4n) is 1.31. The Morgan fingerprint density at radius 2 is 2.29 bits per heavy atom. The van der Waals surface area contributed by atoms with Gasteiger partial charge in [0.25, 0.3) is 0 Å². The molecule has 5 nitrogen and oxygen atoms in total. The van der Waals surface area contributed by atoms with Crippen LogP contribution in [-0.4, -0.2) is 21.9 Å². The molecular formula is C11H12FN3O2. The largest absolute Gasteiger partial charge is 0.394 e. The Balaban J connectivity index is 2.33. The molecule has 0 fully saturated rings. The van der Waals surface area contributed by atoms with E-state index in [-0.39, 0.29) is 24.1 Å². The summed E-state index contributed by atoms with van der Waals surface area (Å²) in [4.78, 5) is 3.99. The van der Waals surface area contributed by atoms with Gasteiger partial charge in [-0.05, 0) is 18.6 Å². The number of nitrogens with zero attached hydrogens (tertiary/aromatic N) is 2. The molecule has 0 amide bonds. The van der Waals surface area contributed by atoms with Gasteiger partial charge in [0.15, 0.2) is 0 Å². The highest BCUT2D eigenvalue weighted by molar-refractivity contribution is 5.54. The summed E-state index contributed by atoms with van der Waals surface area (Å²) < 4.78 is 18.2. The first kappa shape index (κ1) is 11.7. The maximum atomic E-state index is 13.3. The van der Waals surface area contributed by atoms with E-state index in [0.29, 0.717) is 11.1 Å². The van der Waals surface area contributed by atoms with Crippen molar-refractivity contribution >= 4 is 0 Å². The molecule has 2 rings (SSSR count). The Morgan fingerprint density at radius 3 is 2.94 bits per heavy atom. The van der Waals surface area contributed by atoms with Crippen LogP contribution in [0.4, 0.5) is 4.39 Å². The molecule has 1 heterocycles. The zero-order chi connectivity index (χ0) is 12.4. The van der Waals surface area contributed by atoms with Crippen molar-refractivity contribution in [1.29, 1.82) is 0 Å². The smallest absolute Gasteiger partial charge is 0.246 e. The number of rotatable bonds is 3. The molecule has 1 atom stereocenters. The molecule has 2 aromatic rings.